The van der Waals surface area contributed by atoms with Gasteiger partial charge in [0.25, 0.3) is 10.1 Å². The molecule has 6 nitrogen and oxygen atoms in total. The molecule has 0 aliphatic rings. The first-order valence-electron chi connectivity index (χ1n) is 4.76. The van der Waals surface area contributed by atoms with Crippen molar-refractivity contribution in [3.05, 3.63) is 30.3 Å². The van der Waals surface area contributed by atoms with E-state index in [0.717, 1.165) is 5.39 Å². The van der Waals surface area contributed by atoms with Crippen molar-refractivity contribution in [3.8, 4) is 0 Å². The summed E-state index contributed by atoms with van der Waals surface area (Å²) < 4.78 is 31.0. The molecule has 0 bridgehead atoms. The minimum absolute atomic E-state index is 0.132. The zero-order chi connectivity index (χ0) is 12.0. The number of aromatic amines is 1. The third-order valence-electron chi connectivity index (χ3n) is 2.57. The Morgan fingerprint density at radius 3 is 2.71 bits per heavy atom. The van der Waals surface area contributed by atoms with Gasteiger partial charge in [-0.15, -0.1) is 0 Å². The van der Waals surface area contributed by atoms with Crippen molar-refractivity contribution in [2.24, 2.45) is 0 Å². The van der Waals surface area contributed by atoms with Crippen LogP contribution in [0.25, 0.3) is 21.8 Å². The minimum Gasteiger partial charge on any atom is -0.282 e. The SMILES string of the molecule is O=S(=O)(O)c1ccc2c(ccc3n[nH]nc32)c1. The predicted molar refractivity (Wildman–Crippen MR) is 61.2 cm³/mol. The first kappa shape index (κ1) is 10.2. The highest BCUT2D eigenvalue weighted by atomic mass is 32.2. The average Bonchev–Trinajstić information content (AvgIpc) is 2.75. The van der Waals surface area contributed by atoms with Crippen molar-refractivity contribution in [2.45, 2.75) is 4.90 Å². The molecule has 0 saturated carbocycles. The highest BCUT2D eigenvalue weighted by molar-refractivity contribution is 7.85. The highest BCUT2D eigenvalue weighted by Gasteiger charge is 2.11. The van der Waals surface area contributed by atoms with Crippen LogP contribution in [0.15, 0.2) is 35.2 Å². The van der Waals surface area contributed by atoms with Crippen molar-refractivity contribution < 1.29 is 13.0 Å². The highest BCUT2D eigenvalue weighted by Crippen LogP contribution is 2.24. The van der Waals surface area contributed by atoms with Gasteiger partial charge in [-0.05, 0) is 23.6 Å². The van der Waals surface area contributed by atoms with Crippen LogP contribution in [0.2, 0.25) is 0 Å². The van der Waals surface area contributed by atoms with E-state index < -0.39 is 10.1 Å². The van der Waals surface area contributed by atoms with Crippen LogP contribution in [0.5, 0.6) is 0 Å². The molecule has 3 aromatic rings. The second kappa shape index (κ2) is 3.25. The molecule has 2 N–H and O–H groups in total. The number of aromatic nitrogens is 3. The fourth-order valence-corrected chi connectivity index (χ4v) is 2.29. The molecule has 0 unspecified atom stereocenters. The summed E-state index contributed by atoms with van der Waals surface area (Å²) in [7, 11) is -4.18. The molecule has 0 aliphatic heterocycles. The standard InChI is InChI=1S/C10H7N3O3S/c14-17(15,16)7-2-3-8-6(5-7)1-4-9-10(8)12-13-11-9/h1-5H,(H,11,12,13)(H,14,15,16). The van der Waals surface area contributed by atoms with Gasteiger partial charge in [0.05, 0.1) is 4.90 Å². The number of benzene rings is 2. The van der Waals surface area contributed by atoms with Crippen molar-refractivity contribution >= 4 is 31.9 Å². The summed E-state index contributed by atoms with van der Waals surface area (Å²) in [5.41, 5.74) is 1.38. The third kappa shape index (κ3) is 1.56. The van der Waals surface area contributed by atoms with E-state index in [2.05, 4.69) is 15.4 Å². The van der Waals surface area contributed by atoms with E-state index in [9.17, 15) is 8.42 Å². The Morgan fingerprint density at radius 1 is 1.12 bits per heavy atom. The molecule has 17 heavy (non-hydrogen) atoms. The number of nitrogens with one attached hydrogen (secondary N) is 1. The lowest BCUT2D eigenvalue weighted by Crippen LogP contribution is -1.97. The normalized spacial score (nSPS) is 12.3. The largest absolute Gasteiger partial charge is 0.294 e. The Kier molecular flexibility index (Phi) is 1.95. The summed E-state index contributed by atoms with van der Waals surface area (Å²) in [6.07, 6.45) is 0. The molecule has 0 aliphatic carbocycles. The smallest absolute Gasteiger partial charge is 0.282 e. The molecule has 0 spiro atoms. The van der Waals surface area contributed by atoms with Gasteiger partial charge in [0.15, 0.2) is 0 Å². The molecular weight excluding hydrogens is 242 g/mol. The summed E-state index contributed by atoms with van der Waals surface area (Å²) in [6, 6.07) is 7.80. The van der Waals surface area contributed by atoms with Crippen LogP contribution < -0.4 is 0 Å². The Balaban J connectivity index is 2.42. The Morgan fingerprint density at radius 2 is 1.94 bits per heavy atom. The van der Waals surface area contributed by atoms with Crippen molar-refractivity contribution in [1.82, 2.24) is 15.4 Å². The van der Waals surface area contributed by atoms with Gasteiger partial charge in [-0.3, -0.25) is 4.55 Å². The van der Waals surface area contributed by atoms with E-state index >= 15 is 0 Å². The summed E-state index contributed by atoms with van der Waals surface area (Å²) in [5, 5.41) is 11.9. The molecule has 3 rings (SSSR count). The average molecular weight is 249 g/mol. The molecular formula is C10H7N3O3S. The van der Waals surface area contributed by atoms with Gasteiger partial charge in [-0.25, -0.2) is 0 Å². The Hall–Kier alpha value is -1.99. The maximum atomic E-state index is 11.0. The minimum atomic E-state index is -4.18. The third-order valence-corrected chi connectivity index (χ3v) is 3.42. The molecule has 0 amide bonds. The molecule has 86 valence electrons. The van der Waals surface area contributed by atoms with E-state index in [0.29, 0.717) is 16.4 Å². The van der Waals surface area contributed by atoms with Gasteiger partial charge in [-0.1, -0.05) is 12.1 Å². The van der Waals surface area contributed by atoms with Crippen molar-refractivity contribution in [1.29, 1.82) is 0 Å². The number of nitrogens with zero attached hydrogens (tertiary/aromatic N) is 2. The number of rotatable bonds is 1. The van der Waals surface area contributed by atoms with Gasteiger partial charge >= 0.3 is 0 Å². The summed E-state index contributed by atoms with van der Waals surface area (Å²) >= 11 is 0. The van der Waals surface area contributed by atoms with Crippen molar-refractivity contribution in [3.63, 3.8) is 0 Å². The first-order valence-corrected chi connectivity index (χ1v) is 6.20. The molecule has 0 saturated heterocycles. The Labute approximate surface area is 96.0 Å². The molecule has 0 atom stereocenters. The lowest BCUT2D eigenvalue weighted by molar-refractivity contribution is 0.483. The number of hydrogen-bond acceptors (Lipinski definition) is 4. The van der Waals surface area contributed by atoms with Crippen LogP contribution >= 0.6 is 0 Å². The molecule has 0 fully saturated rings. The van der Waals surface area contributed by atoms with E-state index in [1.165, 1.54) is 12.1 Å². The van der Waals surface area contributed by atoms with Gasteiger partial charge in [-0.2, -0.15) is 23.8 Å². The van der Waals surface area contributed by atoms with Crippen LogP contribution in [0.4, 0.5) is 0 Å². The molecule has 7 heteroatoms. The van der Waals surface area contributed by atoms with E-state index in [1.54, 1.807) is 18.2 Å². The summed E-state index contributed by atoms with van der Waals surface area (Å²) in [4.78, 5) is -0.132. The number of H-pyrrole nitrogens is 1. The lowest BCUT2D eigenvalue weighted by Gasteiger charge is -2.00. The quantitative estimate of drug-likeness (QED) is 0.635. The van der Waals surface area contributed by atoms with Gasteiger partial charge < -0.3 is 0 Å². The van der Waals surface area contributed by atoms with Crippen LogP contribution in [-0.4, -0.2) is 28.4 Å². The maximum absolute atomic E-state index is 11.0. The monoisotopic (exact) mass is 249 g/mol. The topological polar surface area (TPSA) is 95.9 Å². The second-order valence-electron chi connectivity index (χ2n) is 3.61. The van der Waals surface area contributed by atoms with Gasteiger partial charge in [0, 0.05) is 5.39 Å². The van der Waals surface area contributed by atoms with Gasteiger partial charge in [0.1, 0.15) is 11.0 Å². The predicted octanol–water partition coefficient (Wildman–Crippen LogP) is 1.36. The summed E-state index contributed by atoms with van der Waals surface area (Å²) in [5.74, 6) is 0. The molecule has 1 aromatic heterocycles. The molecule has 2 aromatic carbocycles. The van der Waals surface area contributed by atoms with Crippen LogP contribution in [0, 0.1) is 0 Å². The zero-order valence-corrected chi connectivity index (χ0v) is 9.27. The number of fused-ring (bicyclic) bond motifs is 3. The zero-order valence-electron chi connectivity index (χ0n) is 8.45. The Bertz CT molecular complexity index is 823. The molecule has 0 radical (unpaired) electrons. The second-order valence-corrected chi connectivity index (χ2v) is 5.04. The summed E-state index contributed by atoms with van der Waals surface area (Å²) in [6.45, 7) is 0. The fourth-order valence-electron chi connectivity index (χ4n) is 1.78. The van der Waals surface area contributed by atoms with Crippen LogP contribution in [0.3, 0.4) is 0 Å². The van der Waals surface area contributed by atoms with Crippen molar-refractivity contribution in [2.75, 3.05) is 0 Å². The van der Waals surface area contributed by atoms with E-state index in [-0.39, 0.29) is 4.90 Å². The lowest BCUT2D eigenvalue weighted by atomic mass is 10.1. The van der Waals surface area contributed by atoms with Gasteiger partial charge in [0.2, 0.25) is 0 Å². The molecule has 1 heterocycles. The number of hydrogen-bond donors (Lipinski definition) is 2. The fraction of sp³-hybridized carbons (Fsp3) is 0. The van der Waals surface area contributed by atoms with E-state index in [4.69, 9.17) is 4.55 Å². The van der Waals surface area contributed by atoms with Crippen LogP contribution in [-0.2, 0) is 10.1 Å². The maximum Gasteiger partial charge on any atom is 0.294 e. The van der Waals surface area contributed by atoms with Crippen LogP contribution in [0.1, 0.15) is 0 Å². The first-order chi connectivity index (χ1) is 8.05. The van der Waals surface area contributed by atoms with E-state index in [1.807, 2.05) is 0 Å².